The number of nitrogens with zero attached hydrogens (tertiary/aromatic N) is 2. The first-order chi connectivity index (χ1) is 8.60. The fraction of sp³-hybridized carbons (Fsp3) is 0.538. The third-order valence-corrected chi connectivity index (χ3v) is 4.07. The second-order valence-corrected chi connectivity index (χ2v) is 5.59. The van der Waals surface area contributed by atoms with Crippen molar-refractivity contribution in [3.05, 3.63) is 22.6 Å². The first-order valence-corrected chi connectivity index (χ1v) is 6.68. The fourth-order valence-corrected chi connectivity index (χ4v) is 3.03. The summed E-state index contributed by atoms with van der Waals surface area (Å²) in [6, 6.07) is 4.05. The number of aromatic nitrogens is 3. The third kappa shape index (κ3) is 1.78. The minimum absolute atomic E-state index is 0.00831. The average Bonchev–Trinajstić information content (AvgIpc) is 2.66. The average molecular weight is 263 g/mol. The van der Waals surface area contributed by atoms with Crippen LogP contribution in [0, 0.1) is 11.7 Å². The van der Waals surface area contributed by atoms with Crippen LogP contribution in [-0.4, -0.2) is 27.7 Å². The Hall–Kier alpha value is -1.20. The van der Waals surface area contributed by atoms with Gasteiger partial charge in [-0.15, -0.1) is 0 Å². The number of rotatable bonds is 1. The molecule has 0 amide bonds. The number of hydrogen-bond acceptors (Lipinski definition) is 3. The molecule has 5 heteroatoms. The molecular formula is C13H17N3OS. The van der Waals surface area contributed by atoms with Gasteiger partial charge in [-0.1, -0.05) is 0 Å². The van der Waals surface area contributed by atoms with Gasteiger partial charge in [-0.2, -0.15) is 0 Å². The van der Waals surface area contributed by atoms with Gasteiger partial charge >= 0.3 is 0 Å². The molecule has 1 fully saturated rings. The van der Waals surface area contributed by atoms with Gasteiger partial charge in [0.05, 0.1) is 11.1 Å². The number of hydrogen-bond donors (Lipinski definition) is 1. The summed E-state index contributed by atoms with van der Waals surface area (Å²) in [6.45, 7) is 5.82. The molecule has 3 heterocycles. The first kappa shape index (κ1) is 11.9. The van der Waals surface area contributed by atoms with E-state index < -0.39 is 0 Å². The summed E-state index contributed by atoms with van der Waals surface area (Å²) in [5, 5.41) is 0. The summed E-state index contributed by atoms with van der Waals surface area (Å²) >= 11 is 5.48. The molecule has 0 radical (unpaired) electrons. The lowest BCUT2D eigenvalue weighted by molar-refractivity contribution is 0.0304. The van der Waals surface area contributed by atoms with Crippen LogP contribution in [-0.2, 0) is 10.3 Å². The molecule has 1 N–H and O–H groups in total. The van der Waals surface area contributed by atoms with Crippen molar-refractivity contribution < 1.29 is 4.74 Å². The number of aromatic amines is 1. The van der Waals surface area contributed by atoms with Crippen molar-refractivity contribution in [3.63, 3.8) is 0 Å². The summed E-state index contributed by atoms with van der Waals surface area (Å²) in [5.41, 5.74) is 3.00. The highest BCUT2D eigenvalue weighted by molar-refractivity contribution is 7.71. The molecule has 96 valence electrons. The van der Waals surface area contributed by atoms with Crippen LogP contribution < -0.4 is 0 Å². The second-order valence-electron chi connectivity index (χ2n) is 5.20. The summed E-state index contributed by atoms with van der Waals surface area (Å²) < 4.78 is 8.39. The topological polar surface area (TPSA) is 42.8 Å². The van der Waals surface area contributed by atoms with E-state index in [4.69, 9.17) is 17.0 Å². The van der Waals surface area contributed by atoms with Crippen molar-refractivity contribution in [3.8, 4) is 0 Å². The molecule has 2 aromatic heterocycles. The maximum absolute atomic E-state index is 5.48. The minimum atomic E-state index is 0.00831. The van der Waals surface area contributed by atoms with Crippen LogP contribution in [0.5, 0.6) is 0 Å². The number of fused-ring (bicyclic) bond motifs is 1. The first-order valence-electron chi connectivity index (χ1n) is 6.27. The van der Waals surface area contributed by atoms with Gasteiger partial charge in [0.25, 0.3) is 0 Å². The Labute approximate surface area is 111 Å². The molecule has 18 heavy (non-hydrogen) atoms. The van der Waals surface area contributed by atoms with Gasteiger partial charge in [-0.25, -0.2) is 4.98 Å². The quantitative estimate of drug-likeness (QED) is 0.804. The van der Waals surface area contributed by atoms with Crippen molar-refractivity contribution in [1.29, 1.82) is 0 Å². The van der Waals surface area contributed by atoms with E-state index in [1.54, 1.807) is 0 Å². The summed E-state index contributed by atoms with van der Waals surface area (Å²) in [4.78, 5) is 7.89. The van der Waals surface area contributed by atoms with E-state index in [0.717, 1.165) is 47.7 Å². The van der Waals surface area contributed by atoms with E-state index in [9.17, 15) is 0 Å². The van der Waals surface area contributed by atoms with Crippen LogP contribution in [0.3, 0.4) is 0 Å². The number of nitrogens with one attached hydrogen (secondary N) is 1. The Kier molecular flexibility index (Phi) is 2.75. The summed E-state index contributed by atoms with van der Waals surface area (Å²) in [6.07, 6.45) is 1.95. The molecule has 0 aromatic carbocycles. The summed E-state index contributed by atoms with van der Waals surface area (Å²) in [7, 11) is 0. The second kappa shape index (κ2) is 4.17. The zero-order chi connectivity index (χ0) is 12.8. The van der Waals surface area contributed by atoms with Crippen LogP contribution in [0.1, 0.15) is 25.5 Å². The largest absolute Gasteiger partial charge is 0.381 e. The molecule has 0 bridgehead atoms. The Balaban J connectivity index is 2.24. The summed E-state index contributed by atoms with van der Waals surface area (Å²) in [5.74, 6) is 0. The van der Waals surface area contributed by atoms with Gasteiger partial charge < -0.3 is 9.72 Å². The predicted octanol–water partition coefficient (Wildman–Crippen LogP) is 2.93. The molecule has 1 saturated heterocycles. The maximum Gasteiger partial charge on any atom is 0.179 e. The zero-order valence-electron chi connectivity index (χ0n) is 10.7. The SMILES string of the molecule is Cc1ccc2[nH]c(=S)n(C3(C)CCOCC3)c2n1. The van der Waals surface area contributed by atoms with Crippen LogP contribution >= 0.6 is 12.2 Å². The van der Waals surface area contributed by atoms with E-state index in [0.29, 0.717) is 0 Å². The molecule has 0 unspecified atom stereocenters. The van der Waals surface area contributed by atoms with E-state index in [-0.39, 0.29) is 5.54 Å². The Morgan fingerprint density at radius 2 is 2.11 bits per heavy atom. The zero-order valence-corrected chi connectivity index (χ0v) is 11.5. The highest BCUT2D eigenvalue weighted by atomic mass is 32.1. The van der Waals surface area contributed by atoms with Gasteiger partial charge in [-0.3, -0.25) is 4.57 Å². The van der Waals surface area contributed by atoms with Gasteiger partial charge in [0.1, 0.15) is 0 Å². The van der Waals surface area contributed by atoms with Crippen LogP contribution in [0.2, 0.25) is 0 Å². The molecule has 0 atom stereocenters. The number of aryl methyl sites for hydroxylation is 1. The lowest BCUT2D eigenvalue weighted by Gasteiger charge is -2.35. The molecule has 1 aliphatic heterocycles. The van der Waals surface area contributed by atoms with E-state index >= 15 is 0 Å². The van der Waals surface area contributed by atoms with Crippen LogP contribution in [0.4, 0.5) is 0 Å². The Bertz CT molecular complexity index is 637. The van der Waals surface area contributed by atoms with Gasteiger partial charge in [0.15, 0.2) is 10.4 Å². The van der Waals surface area contributed by atoms with Crippen molar-refractivity contribution in [2.24, 2.45) is 0 Å². The predicted molar refractivity (Wildman–Crippen MR) is 73.4 cm³/mol. The lowest BCUT2D eigenvalue weighted by atomic mass is 9.92. The molecule has 0 spiro atoms. The molecule has 0 aliphatic carbocycles. The third-order valence-electron chi connectivity index (χ3n) is 3.78. The van der Waals surface area contributed by atoms with Crippen molar-refractivity contribution in [2.75, 3.05) is 13.2 Å². The number of imidazole rings is 1. The van der Waals surface area contributed by atoms with E-state index in [1.165, 1.54) is 0 Å². The van der Waals surface area contributed by atoms with Gasteiger partial charge in [0, 0.05) is 18.9 Å². The molecular weight excluding hydrogens is 246 g/mol. The molecule has 0 saturated carbocycles. The van der Waals surface area contributed by atoms with Gasteiger partial charge in [-0.05, 0) is 51.0 Å². The monoisotopic (exact) mass is 263 g/mol. The molecule has 3 rings (SSSR count). The number of pyridine rings is 1. The van der Waals surface area contributed by atoms with Crippen LogP contribution in [0.25, 0.3) is 11.2 Å². The smallest absolute Gasteiger partial charge is 0.179 e. The van der Waals surface area contributed by atoms with Crippen molar-refractivity contribution in [1.82, 2.24) is 14.5 Å². The van der Waals surface area contributed by atoms with Crippen molar-refractivity contribution in [2.45, 2.75) is 32.2 Å². The lowest BCUT2D eigenvalue weighted by Crippen LogP contribution is -2.36. The Morgan fingerprint density at radius 3 is 2.83 bits per heavy atom. The maximum atomic E-state index is 5.48. The number of ether oxygens (including phenoxy) is 1. The fourth-order valence-electron chi connectivity index (χ4n) is 2.61. The standard InChI is InChI=1S/C13H17N3OS/c1-9-3-4-10-11(14-9)16(12(18)15-10)13(2)5-7-17-8-6-13/h3-4H,5-8H2,1-2H3,(H,15,18). The van der Waals surface area contributed by atoms with Gasteiger partial charge in [0.2, 0.25) is 0 Å². The molecule has 1 aliphatic rings. The van der Waals surface area contributed by atoms with Crippen molar-refractivity contribution >= 4 is 23.4 Å². The normalized spacial score (nSPS) is 19.2. The van der Waals surface area contributed by atoms with Crippen LogP contribution in [0.15, 0.2) is 12.1 Å². The molecule has 2 aromatic rings. The van der Waals surface area contributed by atoms with E-state index in [2.05, 4.69) is 21.5 Å². The van der Waals surface area contributed by atoms with E-state index in [1.807, 2.05) is 19.1 Å². The highest BCUT2D eigenvalue weighted by Crippen LogP contribution is 2.31. The minimum Gasteiger partial charge on any atom is -0.381 e. The Morgan fingerprint density at radius 1 is 1.39 bits per heavy atom. The number of H-pyrrole nitrogens is 1. The molecule has 4 nitrogen and oxygen atoms in total. The highest BCUT2D eigenvalue weighted by Gasteiger charge is 2.31.